The summed E-state index contributed by atoms with van der Waals surface area (Å²) in [6.07, 6.45) is 7.94. The molecular formula is C18H29N3O3. The second-order valence-electron chi connectivity index (χ2n) is 7.98. The van der Waals surface area contributed by atoms with E-state index in [1.54, 1.807) is 0 Å². The Morgan fingerprint density at radius 1 is 1.21 bits per heavy atom. The highest BCUT2D eigenvalue weighted by Crippen LogP contribution is 2.38. The Labute approximate surface area is 143 Å². The Morgan fingerprint density at radius 3 is 2.71 bits per heavy atom. The van der Waals surface area contributed by atoms with Gasteiger partial charge in [-0.15, -0.1) is 0 Å². The lowest BCUT2D eigenvalue weighted by molar-refractivity contribution is -0.137. The minimum Gasteiger partial charge on any atom is -0.352 e. The standard InChI is InChI=1S/C18H29N3O3/c1-12-6-5-8-14(10-12)19-15(22)11-21-16(23)18(20-17(21)24)9-4-3-7-13(18)2/h12-14H,3-11H2,1-2H3,(H,19,22)(H,20,24). The van der Waals surface area contributed by atoms with Crippen molar-refractivity contribution in [2.45, 2.75) is 76.8 Å². The zero-order chi connectivity index (χ0) is 17.3. The van der Waals surface area contributed by atoms with Gasteiger partial charge in [0.05, 0.1) is 0 Å². The van der Waals surface area contributed by atoms with Gasteiger partial charge in [-0.05, 0) is 37.5 Å². The van der Waals surface area contributed by atoms with Crippen LogP contribution in [0.1, 0.15) is 65.2 Å². The lowest BCUT2D eigenvalue weighted by Gasteiger charge is -2.36. The normalized spacial score (nSPS) is 36.8. The van der Waals surface area contributed by atoms with Crippen LogP contribution >= 0.6 is 0 Å². The van der Waals surface area contributed by atoms with Crippen LogP contribution in [-0.2, 0) is 9.59 Å². The molecule has 0 aromatic heterocycles. The fraction of sp³-hybridized carbons (Fsp3) is 0.833. The molecule has 1 saturated heterocycles. The Balaban J connectivity index is 1.61. The molecule has 134 valence electrons. The zero-order valence-electron chi connectivity index (χ0n) is 14.8. The second-order valence-corrected chi connectivity index (χ2v) is 7.98. The quantitative estimate of drug-likeness (QED) is 0.776. The molecule has 2 N–H and O–H groups in total. The average Bonchev–Trinajstić information content (AvgIpc) is 2.75. The number of carbonyl (C=O) groups excluding carboxylic acids is 3. The minimum atomic E-state index is -0.783. The van der Waals surface area contributed by atoms with E-state index in [0.717, 1.165) is 43.4 Å². The summed E-state index contributed by atoms with van der Waals surface area (Å²) in [5, 5.41) is 5.90. The van der Waals surface area contributed by atoms with Crippen LogP contribution in [0, 0.1) is 11.8 Å². The first-order valence-corrected chi connectivity index (χ1v) is 9.36. The van der Waals surface area contributed by atoms with Gasteiger partial charge < -0.3 is 10.6 Å². The maximum atomic E-state index is 12.8. The van der Waals surface area contributed by atoms with Crippen molar-refractivity contribution in [1.29, 1.82) is 0 Å². The molecule has 1 heterocycles. The predicted molar refractivity (Wildman–Crippen MR) is 90.2 cm³/mol. The SMILES string of the molecule is CC1CCCC(NC(=O)CN2C(=O)NC3(CCCCC3C)C2=O)C1. The molecular weight excluding hydrogens is 306 g/mol. The molecule has 4 unspecified atom stereocenters. The molecule has 24 heavy (non-hydrogen) atoms. The number of hydrogen-bond acceptors (Lipinski definition) is 3. The van der Waals surface area contributed by atoms with Crippen molar-refractivity contribution in [3.63, 3.8) is 0 Å². The van der Waals surface area contributed by atoms with Crippen LogP contribution in [0.5, 0.6) is 0 Å². The molecule has 3 aliphatic rings. The van der Waals surface area contributed by atoms with Gasteiger partial charge in [0.2, 0.25) is 5.91 Å². The summed E-state index contributed by atoms with van der Waals surface area (Å²) >= 11 is 0. The monoisotopic (exact) mass is 335 g/mol. The molecule has 3 fully saturated rings. The molecule has 0 radical (unpaired) electrons. The lowest BCUT2D eigenvalue weighted by Crippen LogP contribution is -2.54. The van der Waals surface area contributed by atoms with E-state index in [2.05, 4.69) is 17.6 Å². The van der Waals surface area contributed by atoms with Crippen LogP contribution in [0.15, 0.2) is 0 Å². The van der Waals surface area contributed by atoms with Crippen molar-refractivity contribution in [3.8, 4) is 0 Å². The summed E-state index contributed by atoms with van der Waals surface area (Å²) in [7, 11) is 0. The topological polar surface area (TPSA) is 78.5 Å². The van der Waals surface area contributed by atoms with Crippen molar-refractivity contribution < 1.29 is 14.4 Å². The van der Waals surface area contributed by atoms with Crippen LogP contribution in [0.25, 0.3) is 0 Å². The maximum Gasteiger partial charge on any atom is 0.325 e. The smallest absolute Gasteiger partial charge is 0.325 e. The molecule has 4 atom stereocenters. The van der Waals surface area contributed by atoms with Gasteiger partial charge in [-0.1, -0.05) is 39.5 Å². The van der Waals surface area contributed by atoms with Crippen molar-refractivity contribution in [1.82, 2.24) is 15.5 Å². The maximum absolute atomic E-state index is 12.8. The fourth-order valence-electron chi connectivity index (χ4n) is 4.62. The van der Waals surface area contributed by atoms with Gasteiger partial charge in [0.1, 0.15) is 12.1 Å². The van der Waals surface area contributed by atoms with Gasteiger partial charge in [-0.2, -0.15) is 0 Å². The molecule has 3 rings (SSSR count). The molecule has 4 amide bonds. The van der Waals surface area contributed by atoms with Crippen molar-refractivity contribution >= 4 is 17.8 Å². The molecule has 0 bridgehead atoms. The summed E-state index contributed by atoms with van der Waals surface area (Å²) in [5.74, 6) is 0.298. The van der Waals surface area contributed by atoms with E-state index in [-0.39, 0.29) is 30.3 Å². The van der Waals surface area contributed by atoms with Crippen molar-refractivity contribution in [3.05, 3.63) is 0 Å². The first-order chi connectivity index (χ1) is 11.4. The number of rotatable bonds is 3. The third kappa shape index (κ3) is 3.15. The molecule has 0 aromatic rings. The number of nitrogens with zero attached hydrogens (tertiary/aromatic N) is 1. The molecule has 6 heteroatoms. The third-order valence-corrected chi connectivity index (χ3v) is 6.10. The third-order valence-electron chi connectivity index (χ3n) is 6.10. The lowest BCUT2D eigenvalue weighted by atomic mass is 9.73. The van der Waals surface area contributed by atoms with Crippen LogP contribution in [0.2, 0.25) is 0 Å². The van der Waals surface area contributed by atoms with Gasteiger partial charge in [0.15, 0.2) is 0 Å². The van der Waals surface area contributed by atoms with E-state index in [4.69, 9.17) is 0 Å². The van der Waals surface area contributed by atoms with Crippen LogP contribution in [0.3, 0.4) is 0 Å². The first-order valence-electron chi connectivity index (χ1n) is 9.36. The summed E-state index contributed by atoms with van der Waals surface area (Å²) in [6.45, 7) is 4.05. The van der Waals surface area contributed by atoms with Crippen LogP contribution in [-0.4, -0.2) is 40.9 Å². The predicted octanol–water partition coefficient (Wildman–Crippen LogP) is 2.18. The van der Waals surface area contributed by atoms with Gasteiger partial charge in [-0.25, -0.2) is 4.79 Å². The van der Waals surface area contributed by atoms with Gasteiger partial charge in [0.25, 0.3) is 5.91 Å². The van der Waals surface area contributed by atoms with Crippen LogP contribution in [0.4, 0.5) is 4.79 Å². The molecule has 2 aliphatic carbocycles. The molecule has 1 aliphatic heterocycles. The van der Waals surface area contributed by atoms with E-state index in [9.17, 15) is 14.4 Å². The van der Waals surface area contributed by atoms with E-state index in [1.165, 1.54) is 6.42 Å². The molecule has 0 aromatic carbocycles. The minimum absolute atomic E-state index is 0.120. The summed E-state index contributed by atoms with van der Waals surface area (Å²) in [6, 6.07) is -0.245. The van der Waals surface area contributed by atoms with E-state index < -0.39 is 11.6 Å². The number of carbonyl (C=O) groups is 3. The van der Waals surface area contributed by atoms with Crippen LogP contribution < -0.4 is 10.6 Å². The van der Waals surface area contributed by atoms with Crippen molar-refractivity contribution in [2.75, 3.05) is 6.54 Å². The zero-order valence-corrected chi connectivity index (χ0v) is 14.8. The average molecular weight is 335 g/mol. The highest BCUT2D eigenvalue weighted by Gasteiger charge is 2.55. The second kappa shape index (κ2) is 6.73. The van der Waals surface area contributed by atoms with Gasteiger partial charge in [-0.3, -0.25) is 14.5 Å². The number of nitrogens with one attached hydrogen (secondary N) is 2. The van der Waals surface area contributed by atoms with E-state index >= 15 is 0 Å². The van der Waals surface area contributed by atoms with E-state index in [0.29, 0.717) is 12.3 Å². The molecule has 6 nitrogen and oxygen atoms in total. The number of urea groups is 1. The Kier molecular flexibility index (Phi) is 4.83. The molecule has 1 spiro atoms. The fourth-order valence-corrected chi connectivity index (χ4v) is 4.62. The molecule has 2 saturated carbocycles. The summed E-state index contributed by atoms with van der Waals surface area (Å²) in [4.78, 5) is 38.6. The Hall–Kier alpha value is -1.59. The van der Waals surface area contributed by atoms with Gasteiger partial charge in [0, 0.05) is 6.04 Å². The Morgan fingerprint density at radius 2 is 2.00 bits per heavy atom. The van der Waals surface area contributed by atoms with Crippen molar-refractivity contribution in [2.24, 2.45) is 11.8 Å². The number of amides is 4. The number of hydrogen-bond donors (Lipinski definition) is 2. The Bertz CT molecular complexity index is 536. The summed E-state index contributed by atoms with van der Waals surface area (Å²) in [5.41, 5.74) is -0.783. The first kappa shape index (κ1) is 17.2. The highest BCUT2D eigenvalue weighted by molar-refractivity contribution is 6.09. The summed E-state index contributed by atoms with van der Waals surface area (Å²) < 4.78 is 0. The van der Waals surface area contributed by atoms with E-state index in [1.807, 2.05) is 6.92 Å². The van der Waals surface area contributed by atoms with Gasteiger partial charge >= 0.3 is 6.03 Å². The largest absolute Gasteiger partial charge is 0.352 e. The number of imide groups is 1. The highest BCUT2D eigenvalue weighted by atomic mass is 16.2.